The molecule has 0 aliphatic carbocycles. The van der Waals surface area contributed by atoms with E-state index in [1.807, 2.05) is 34.7 Å². The second-order valence-corrected chi connectivity index (χ2v) is 6.45. The lowest BCUT2D eigenvalue weighted by Gasteiger charge is -2.24. The first-order valence-electron chi connectivity index (χ1n) is 8.69. The molecule has 1 fully saturated rings. The number of aliphatic hydroxyl groups excluding tert-OH is 1. The average Bonchev–Trinajstić information content (AvgIpc) is 3.21. The molecule has 0 saturated carbocycles. The SMILES string of the molecule is Cc1c(C(=O)N2CCCC2CCCO)cnn1Cc1ccccc1. The van der Waals surface area contributed by atoms with E-state index in [0.717, 1.165) is 37.9 Å². The molecule has 1 atom stereocenters. The van der Waals surface area contributed by atoms with Gasteiger partial charge in [0.2, 0.25) is 0 Å². The first-order valence-corrected chi connectivity index (χ1v) is 8.69. The highest BCUT2D eigenvalue weighted by molar-refractivity contribution is 5.95. The summed E-state index contributed by atoms with van der Waals surface area (Å²) in [5, 5.41) is 13.5. The summed E-state index contributed by atoms with van der Waals surface area (Å²) in [5.74, 6) is 0.0762. The molecule has 5 heteroatoms. The Balaban J connectivity index is 1.74. The minimum absolute atomic E-state index is 0.0762. The van der Waals surface area contributed by atoms with Gasteiger partial charge in [-0.1, -0.05) is 30.3 Å². The van der Waals surface area contributed by atoms with Crippen LogP contribution in [0.3, 0.4) is 0 Å². The van der Waals surface area contributed by atoms with Gasteiger partial charge in [0.1, 0.15) is 0 Å². The molecule has 5 nitrogen and oxygen atoms in total. The molecule has 1 unspecified atom stereocenters. The van der Waals surface area contributed by atoms with Gasteiger partial charge in [-0.3, -0.25) is 9.48 Å². The van der Waals surface area contributed by atoms with Crippen molar-refractivity contribution in [1.82, 2.24) is 14.7 Å². The second-order valence-electron chi connectivity index (χ2n) is 6.45. The molecule has 3 rings (SSSR count). The molecular weight excluding hydrogens is 302 g/mol. The number of carbonyl (C=O) groups excluding carboxylic acids is 1. The van der Waals surface area contributed by atoms with E-state index in [-0.39, 0.29) is 18.6 Å². The van der Waals surface area contributed by atoms with Crippen LogP contribution in [-0.4, -0.2) is 44.9 Å². The first-order chi connectivity index (χ1) is 11.7. The number of hydrogen-bond acceptors (Lipinski definition) is 3. The Labute approximate surface area is 142 Å². The predicted molar refractivity (Wildman–Crippen MR) is 92.9 cm³/mol. The van der Waals surface area contributed by atoms with E-state index >= 15 is 0 Å². The van der Waals surface area contributed by atoms with Gasteiger partial charge < -0.3 is 10.0 Å². The van der Waals surface area contributed by atoms with Crippen molar-refractivity contribution in [1.29, 1.82) is 0 Å². The monoisotopic (exact) mass is 327 g/mol. The van der Waals surface area contributed by atoms with Crippen LogP contribution in [-0.2, 0) is 6.54 Å². The Kier molecular flexibility index (Phi) is 5.30. The van der Waals surface area contributed by atoms with E-state index < -0.39 is 0 Å². The molecule has 0 radical (unpaired) electrons. The van der Waals surface area contributed by atoms with E-state index in [4.69, 9.17) is 5.11 Å². The Morgan fingerprint density at radius 3 is 2.88 bits per heavy atom. The fourth-order valence-corrected chi connectivity index (χ4v) is 3.46. The fourth-order valence-electron chi connectivity index (χ4n) is 3.46. The number of hydrogen-bond donors (Lipinski definition) is 1. The lowest BCUT2D eigenvalue weighted by atomic mass is 10.1. The molecule has 1 amide bonds. The zero-order valence-corrected chi connectivity index (χ0v) is 14.2. The molecule has 2 aromatic rings. The minimum atomic E-state index is 0.0762. The summed E-state index contributed by atoms with van der Waals surface area (Å²) < 4.78 is 1.89. The number of carbonyl (C=O) groups is 1. The van der Waals surface area contributed by atoms with Crippen molar-refractivity contribution in [2.75, 3.05) is 13.2 Å². The molecule has 2 heterocycles. The van der Waals surface area contributed by atoms with Crippen LogP contribution >= 0.6 is 0 Å². The Hall–Kier alpha value is -2.14. The molecule has 1 saturated heterocycles. The van der Waals surface area contributed by atoms with E-state index in [1.165, 1.54) is 5.56 Å². The van der Waals surface area contributed by atoms with Crippen molar-refractivity contribution in [2.24, 2.45) is 0 Å². The number of nitrogens with zero attached hydrogens (tertiary/aromatic N) is 3. The van der Waals surface area contributed by atoms with Gasteiger partial charge in [-0.05, 0) is 38.2 Å². The molecule has 0 bridgehead atoms. The zero-order chi connectivity index (χ0) is 16.9. The van der Waals surface area contributed by atoms with Crippen molar-refractivity contribution in [3.05, 3.63) is 53.3 Å². The maximum absolute atomic E-state index is 12.9. The number of benzene rings is 1. The first kappa shape index (κ1) is 16.7. The summed E-state index contributed by atoms with van der Waals surface area (Å²) in [4.78, 5) is 14.9. The fraction of sp³-hybridized carbons (Fsp3) is 0.474. The topological polar surface area (TPSA) is 58.4 Å². The van der Waals surface area contributed by atoms with Crippen molar-refractivity contribution < 1.29 is 9.90 Å². The summed E-state index contributed by atoms with van der Waals surface area (Å²) in [7, 11) is 0. The van der Waals surface area contributed by atoms with Gasteiger partial charge in [0.05, 0.1) is 18.3 Å². The predicted octanol–water partition coefficient (Wildman–Crippen LogP) is 2.62. The summed E-state index contributed by atoms with van der Waals surface area (Å²) >= 11 is 0. The van der Waals surface area contributed by atoms with Gasteiger partial charge >= 0.3 is 0 Å². The third-order valence-electron chi connectivity index (χ3n) is 4.84. The highest BCUT2D eigenvalue weighted by atomic mass is 16.3. The van der Waals surface area contributed by atoms with Gasteiger partial charge in [-0.15, -0.1) is 0 Å². The smallest absolute Gasteiger partial charge is 0.257 e. The molecule has 24 heavy (non-hydrogen) atoms. The molecule has 0 spiro atoms. The summed E-state index contributed by atoms with van der Waals surface area (Å²) in [6.07, 6.45) is 5.39. The van der Waals surface area contributed by atoms with Gasteiger partial charge in [0.15, 0.2) is 0 Å². The van der Waals surface area contributed by atoms with Crippen molar-refractivity contribution in [3.8, 4) is 0 Å². The van der Waals surface area contributed by atoms with Crippen molar-refractivity contribution in [3.63, 3.8) is 0 Å². The van der Waals surface area contributed by atoms with E-state index in [9.17, 15) is 4.79 Å². The quantitative estimate of drug-likeness (QED) is 0.887. The molecule has 1 aliphatic rings. The normalized spacial score (nSPS) is 17.4. The molecule has 1 aromatic carbocycles. The summed E-state index contributed by atoms with van der Waals surface area (Å²) in [5.41, 5.74) is 2.78. The van der Waals surface area contributed by atoms with Crippen LogP contribution in [0.15, 0.2) is 36.5 Å². The number of amides is 1. The molecule has 1 aromatic heterocycles. The van der Waals surface area contributed by atoms with Gasteiger partial charge in [0, 0.05) is 24.9 Å². The number of aliphatic hydroxyl groups is 1. The summed E-state index contributed by atoms with van der Waals surface area (Å²) in [6.45, 7) is 3.63. The molecule has 1 N–H and O–H groups in total. The Morgan fingerprint density at radius 1 is 1.33 bits per heavy atom. The standard InChI is InChI=1S/C19H25N3O2/c1-15-18(13-20-22(15)14-16-7-3-2-4-8-16)19(24)21-11-5-9-17(21)10-6-12-23/h2-4,7-8,13,17,23H,5-6,9-12,14H2,1H3. The highest BCUT2D eigenvalue weighted by Gasteiger charge is 2.30. The average molecular weight is 327 g/mol. The zero-order valence-electron chi connectivity index (χ0n) is 14.2. The van der Waals surface area contributed by atoms with Crippen LogP contribution in [0, 0.1) is 6.92 Å². The van der Waals surface area contributed by atoms with Crippen LogP contribution in [0.4, 0.5) is 0 Å². The largest absolute Gasteiger partial charge is 0.396 e. The van der Waals surface area contributed by atoms with Crippen molar-refractivity contribution >= 4 is 5.91 Å². The van der Waals surface area contributed by atoms with Crippen molar-refractivity contribution in [2.45, 2.75) is 45.2 Å². The van der Waals surface area contributed by atoms with Gasteiger partial charge in [-0.2, -0.15) is 5.10 Å². The maximum Gasteiger partial charge on any atom is 0.257 e. The number of aromatic nitrogens is 2. The van der Waals surface area contributed by atoms with Crippen LogP contribution < -0.4 is 0 Å². The Morgan fingerprint density at radius 2 is 2.12 bits per heavy atom. The second kappa shape index (κ2) is 7.62. The van der Waals surface area contributed by atoms with E-state index in [0.29, 0.717) is 12.1 Å². The van der Waals surface area contributed by atoms with E-state index in [2.05, 4.69) is 17.2 Å². The molecular formula is C19H25N3O2. The van der Waals surface area contributed by atoms with Gasteiger partial charge in [0.25, 0.3) is 5.91 Å². The number of rotatable bonds is 6. The highest BCUT2D eigenvalue weighted by Crippen LogP contribution is 2.24. The minimum Gasteiger partial charge on any atom is -0.396 e. The van der Waals surface area contributed by atoms with Gasteiger partial charge in [-0.25, -0.2) is 0 Å². The molecule has 128 valence electrons. The third kappa shape index (κ3) is 3.51. The lowest BCUT2D eigenvalue weighted by Crippen LogP contribution is -2.35. The van der Waals surface area contributed by atoms with Crippen LogP contribution in [0.2, 0.25) is 0 Å². The van der Waals surface area contributed by atoms with Crippen LogP contribution in [0.25, 0.3) is 0 Å². The molecule has 1 aliphatic heterocycles. The number of likely N-dealkylation sites (tertiary alicyclic amines) is 1. The van der Waals surface area contributed by atoms with E-state index in [1.54, 1.807) is 6.20 Å². The Bertz CT molecular complexity index is 681. The summed E-state index contributed by atoms with van der Waals surface area (Å²) in [6, 6.07) is 10.4. The van der Waals surface area contributed by atoms with Crippen LogP contribution in [0.5, 0.6) is 0 Å². The van der Waals surface area contributed by atoms with Crippen LogP contribution in [0.1, 0.15) is 47.3 Å². The third-order valence-corrected chi connectivity index (χ3v) is 4.84. The lowest BCUT2D eigenvalue weighted by molar-refractivity contribution is 0.0723. The maximum atomic E-state index is 12.9.